The van der Waals surface area contributed by atoms with Crippen molar-refractivity contribution in [3.63, 3.8) is 0 Å². The predicted octanol–water partition coefficient (Wildman–Crippen LogP) is 3.89. The number of hydrogen-bond donors (Lipinski definition) is 1. The summed E-state index contributed by atoms with van der Waals surface area (Å²) >= 11 is 0. The van der Waals surface area contributed by atoms with Crippen LogP contribution >= 0.6 is 0 Å². The molecule has 3 aromatic rings. The van der Waals surface area contributed by atoms with Crippen molar-refractivity contribution in [1.82, 2.24) is 9.88 Å². The maximum atomic E-state index is 9.52. The Balaban J connectivity index is 1.56. The van der Waals surface area contributed by atoms with E-state index in [4.69, 9.17) is 9.15 Å². The minimum atomic E-state index is 0.0995. The zero-order valence-corrected chi connectivity index (χ0v) is 16.1. The third-order valence-corrected chi connectivity index (χ3v) is 5.78. The molecule has 0 amide bonds. The number of rotatable bonds is 4. The van der Waals surface area contributed by atoms with Crippen LogP contribution in [0.25, 0.3) is 11.3 Å². The van der Waals surface area contributed by atoms with E-state index in [2.05, 4.69) is 27.2 Å². The molecule has 1 aliphatic carbocycles. The van der Waals surface area contributed by atoms with E-state index < -0.39 is 0 Å². The molecule has 1 aromatic carbocycles. The molecule has 6 nitrogen and oxygen atoms in total. The quantitative estimate of drug-likeness (QED) is 0.541. The number of hydrogen-bond acceptors (Lipinski definition) is 6. The molecule has 3 heterocycles. The molecule has 1 unspecified atom stereocenters. The number of furan rings is 1. The Hall–Kier alpha value is -2.96. The molecule has 1 saturated heterocycles. The highest BCUT2D eigenvalue weighted by atomic mass is 16.5. The van der Waals surface area contributed by atoms with Gasteiger partial charge < -0.3 is 14.4 Å². The summed E-state index contributed by atoms with van der Waals surface area (Å²) in [6.45, 7) is 4.10. The average Bonchev–Trinajstić information content (AvgIpc) is 3.36. The Bertz CT molecular complexity index is 1020. The van der Waals surface area contributed by atoms with Gasteiger partial charge in [-0.25, -0.2) is 0 Å². The summed E-state index contributed by atoms with van der Waals surface area (Å²) in [5.41, 5.74) is 5.05. The van der Waals surface area contributed by atoms with Crippen molar-refractivity contribution in [2.45, 2.75) is 18.9 Å². The summed E-state index contributed by atoms with van der Waals surface area (Å²) in [4.78, 5) is 6.50. The van der Waals surface area contributed by atoms with Crippen molar-refractivity contribution >= 4 is 5.71 Å². The van der Waals surface area contributed by atoms with Crippen molar-refractivity contribution in [2.75, 3.05) is 26.3 Å². The van der Waals surface area contributed by atoms with Crippen LogP contribution < -0.4 is 0 Å². The van der Waals surface area contributed by atoms with Crippen molar-refractivity contribution in [1.29, 1.82) is 0 Å². The molecule has 1 N–H and O–H groups in total. The van der Waals surface area contributed by atoms with E-state index in [9.17, 15) is 5.21 Å². The SMILES string of the molecule is O/N=C1/CC(c2cc(CN3CCOCC3)oc2-c2ccncc2)c2ccccc21. The highest BCUT2D eigenvalue weighted by Gasteiger charge is 2.33. The lowest BCUT2D eigenvalue weighted by Gasteiger charge is -2.25. The van der Waals surface area contributed by atoms with Crippen LogP contribution in [0, 0.1) is 0 Å². The van der Waals surface area contributed by atoms with E-state index >= 15 is 0 Å². The fourth-order valence-corrected chi connectivity index (χ4v) is 4.35. The van der Waals surface area contributed by atoms with E-state index in [0.717, 1.165) is 66.8 Å². The molecule has 0 radical (unpaired) electrons. The zero-order chi connectivity index (χ0) is 19.6. The Morgan fingerprint density at radius 2 is 1.86 bits per heavy atom. The van der Waals surface area contributed by atoms with Crippen molar-refractivity contribution < 1.29 is 14.4 Å². The second-order valence-corrected chi connectivity index (χ2v) is 7.51. The third-order valence-electron chi connectivity index (χ3n) is 5.78. The maximum Gasteiger partial charge on any atom is 0.138 e. The first kappa shape index (κ1) is 18.1. The number of nitrogens with zero attached hydrogens (tertiary/aromatic N) is 3. The van der Waals surface area contributed by atoms with Gasteiger partial charge in [0.2, 0.25) is 0 Å². The first-order chi connectivity index (χ1) is 14.3. The molecule has 148 valence electrons. The van der Waals surface area contributed by atoms with Gasteiger partial charge in [0.25, 0.3) is 0 Å². The lowest BCUT2D eigenvalue weighted by atomic mass is 9.91. The van der Waals surface area contributed by atoms with E-state index in [-0.39, 0.29) is 5.92 Å². The Kier molecular flexibility index (Phi) is 4.87. The van der Waals surface area contributed by atoms with Crippen LogP contribution in [0.15, 0.2) is 64.4 Å². The fraction of sp³-hybridized carbons (Fsp3) is 0.304. The number of benzene rings is 1. The van der Waals surface area contributed by atoms with Gasteiger partial charge in [-0.1, -0.05) is 29.4 Å². The summed E-state index contributed by atoms with van der Waals surface area (Å²) in [7, 11) is 0. The summed E-state index contributed by atoms with van der Waals surface area (Å²) in [6.07, 6.45) is 4.23. The maximum absolute atomic E-state index is 9.52. The third kappa shape index (κ3) is 3.45. The summed E-state index contributed by atoms with van der Waals surface area (Å²) in [6, 6.07) is 14.3. The van der Waals surface area contributed by atoms with Crippen LogP contribution in [0.5, 0.6) is 0 Å². The normalized spacial score (nSPS) is 20.8. The summed E-state index contributed by atoms with van der Waals surface area (Å²) in [5, 5.41) is 13.1. The first-order valence-corrected chi connectivity index (χ1v) is 9.97. The second kappa shape index (κ2) is 7.81. The Labute approximate surface area is 169 Å². The highest BCUT2D eigenvalue weighted by Crippen LogP contribution is 2.43. The molecule has 2 aliphatic rings. The van der Waals surface area contributed by atoms with E-state index in [0.29, 0.717) is 6.42 Å². The van der Waals surface area contributed by atoms with Crippen LogP contribution in [0.4, 0.5) is 0 Å². The molecular weight excluding hydrogens is 366 g/mol. The van der Waals surface area contributed by atoms with Gasteiger partial charge in [0, 0.05) is 54.5 Å². The lowest BCUT2D eigenvalue weighted by molar-refractivity contribution is 0.0314. The van der Waals surface area contributed by atoms with Gasteiger partial charge in [-0.15, -0.1) is 0 Å². The molecule has 0 saturated carbocycles. The van der Waals surface area contributed by atoms with Crippen LogP contribution in [0.2, 0.25) is 0 Å². The van der Waals surface area contributed by atoms with Crippen LogP contribution in [0.3, 0.4) is 0 Å². The van der Waals surface area contributed by atoms with E-state index in [1.165, 1.54) is 5.56 Å². The predicted molar refractivity (Wildman–Crippen MR) is 109 cm³/mol. The molecule has 6 heteroatoms. The second-order valence-electron chi connectivity index (χ2n) is 7.51. The van der Waals surface area contributed by atoms with Crippen LogP contribution in [0.1, 0.15) is 34.8 Å². The fourth-order valence-electron chi connectivity index (χ4n) is 4.35. The monoisotopic (exact) mass is 389 g/mol. The highest BCUT2D eigenvalue weighted by molar-refractivity contribution is 6.05. The summed E-state index contributed by atoms with van der Waals surface area (Å²) in [5.74, 6) is 1.91. The molecular formula is C23H23N3O3. The van der Waals surface area contributed by atoms with E-state index in [1.807, 2.05) is 30.3 Å². The van der Waals surface area contributed by atoms with Gasteiger partial charge in [-0.2, -0.15) is 0 Å². The van der Waals surface area contributed by atoms with Gasteiger partial charge in [-0.05, 0) is 23.8 Å². The van der Waals surface area contributed by atoms with Gasteiger partial charge in [0.1, 0.15) is 11.5 Å². The van der Waals surface area contributed by atoms with Gasteiger partial charge in [-0.3, -0.25) is 9.88 Å². The van der Waals surface area contributed by atoms with Gasteiger partial charge >= 0.3 is 0 Å². The molecule has 29 heavy (non-hydrogen) atoms. The molecule has 1 aliphatic heterocycles. The molecule has 1 fully saturated rings. The minimum Gasteiger partial charge on any atom is -0.459 e. The molecule has 5 rings (SSSR count). The van der Waals surface area contributed by atoms with Crippen molar-refractivity contribution in [3.8, 4) is 11.3 Å². The lowest BCUT2D eigenvalue weighted by Crippen LogP contribution is -2.35. The smallest absolute Gasteiger partial charge is 0.138 e. The van der Waals surface area contributed by atoms with Crippen LogP contribution in [-0.4, -0.2) is 47.1 Å². The topological polar surface area (TPSA) is 71.1 Å². The number of oxime groups is 1. The number of ether oxygens (including phenoxy) is 1. The van der Waals surface area contributed by atoms with Crippen molar-refractivity contribution in [2.24, 2.45) is 5.16 Å². The van der Waals surface area contributed by atoms with E-state index in [1.54, 1.807) is 12.4 Å². The van der Waals surface area contributed by atoms with Gasteiger partial charge in [0.05, 0.1) is 25.5 Å². The molecule has 0 spiro atoms. The molecule has 0 bridgehead atoms. The standard InChI is InChI=1S/C23H23N3O3/c27-25-22-14-20(18-3-1-2-4-19(18)22)21-13-17(15-26-9-11-28-12-10-26)29-23(21)16-5-7-24-8-6-16/h1-8,13,20,27H,9-12,14-15H2/b25-22-. The zero-order valence-electron chi connectivity index (χ0n) is 16.1. The van der Waals surface area contributed by atoms with Crippen molar-refractivity contribution in [3.05, 3.63) is 77.3 Å². The molecule has 1 atom stereocenters. The summed E-state index contributed by atoms with van der Waals surface area (Å²) < 4.78 is 11.9. The molecule has 2 aromatic heterocycles. The minimum absolute atomic E-state index is 0.0995. The average molecular weight is 389 g/mol. The Morgan fingerprint density at radius 3 is 2.66 bits per heavy atom. The largest absolute Gasteiger partial charge is 0.459 e. The number of morpholine rings is 1. The first-order valence-electron chi connectivity index (χ1n) is 9.97. The Morgan fingerprint density at radius 1 is 1.07 bits per heavy atom. The van der Waals surface area contributed by atoms with Crippen LogP contribution in [-0.2, 0) is 11.3 Å². The van der Waals surface area contributed by atoms with Gasteiger partial charge in [0.15, 0.2) is 0 Å². The number of fused-ring (bicyclic) bond motifs is 1. The number of pyridine rings is 1. The number of aromatic nitrogens is 1.